The minimum atomic E-state index is -0.775. The molecule has 1 atom stereocenters. The van der Waals surface area contributed by atoms with E-state index in [-0.39, 0.29) is 0 Å². The molecular formula is C17H21NO2S. The minimum absolute atomic E-state index is 0.363. The molecule has 0 radical (unpaired) electrons. The predicted octanol–water partition coefficient (Wildman–Crippen LogP) is 4.00. The second kappa shape index (κ2) is 7.38. The fraction of sp³-hybridized carbons (Fsp3) is 0.353. The van der Waals surface area contributed by atoms with Crippen LogP contribution in [0.1, 0.15) is 25.1 Å². The Labute approximate surface area is 129 Å². The summed E-state index contributed by atoms with van der Waals surface area (Å²) in [5.74, 6) is -0.412. The number of carboxylic acids is 1. The van der Waals surface area contributed by atoms with Crippen molar-refractivity contribution in [1.82, 2.24) is 5.32 Å². The molecule has 21 heavy (non-hydrogen) atoms. The lowest BCUT2D eigenvalue weighted by molar-refractivity contribution is -0.140. The van der Waals surface area contributed by atoms with Crippen molar-refractivity contribution in [1.29, 1.82) is 0 Å². The fourth-order valence-electron chi connectivity index (χ4n) is 2.22. The maximum absolute atomic E-state index is 11.2. The van der Waals surface area contributed by atoms with Crippen LogP contribution in [0.15, 0.2) is 41.8 Å². The first kappa shape index (κ1) is 15.7. The first-order valence-corrected chi connectivity index (χ1v) is 8.03. The monoisotopic (exact) mass is 303 g/mol. The molecule has 3 nitrogen and oxygen atoms in total. The molecule has 1 heterocycles. The van der Waals surface area contributed by atoms with Gasteiger partial charge in [-0.05, 0) is 34.9 Å². The molecule has 0 fully saturated rings. The lowest BCUT2D eigenvalue weighted by atomic mass is 10.0. The van der Waals surface area contributed by atoms with Crippen molar-refractivity contribution in [3.63, 3.8) is 0 Å². The Balaban J connectivity index is 1.98. The zero-order valence-corrected chi connectivity index (χ0v) is 13.2. The number of nitrogens with one attached hydrogen (secondary N) is 1. The van der Waals surface area contributed by atoms with Crippen LogP contribution in [0.4, 0.5) is 0 Å². The van der Waals surface area contributed by atoms with E-state index in [1.807, 2.05) is 32.0 Å². The quantitative estimate of drug-likeness (QED) is 0.812. The molecule has 1 unspecified atom stereocenters. The van der Waals surface area contributed by atoms with Gasteiger partial charge in [0.2, 0.25) is 0 Å². The van der Waals surface area contributed by atoms with E-state index < -0.39 is 12.0 Å². The van der Waals surface area contributed by atoms with E-state index in [4.69, 9.17) is 0 Å². The molecule has 0 aliphatic heterocycles. The summed E-state index contributed by atoms with van der Waals surface area (Å²) in [5, 5.41) is 14.5. The zero-order chi connectivity index (χ0) is 15.2. The molecule has 0 amide bonds. The van der Waals surface area contributed by atoms with Crippen LogP contribution in [0, 0.1) is 5.92 Å². The number of hydrogen-bond donors (Lipinski definition) is 2. The highest BCUT2D eigenvalue weighted by Gasteiger charge is 2.18. The normalized spacial score (nSPS) is 12.5. The zero-order valence-electron chi connectivity index (χ0n) is 12.4. The molecule has 2 N–H and O–H groups in total. The second-order valence-electron chi connectivity index (χ2n) is 5.57. The number of hydrogen-bond acceptors (Lipinski definition) is 3. The summed E-state index contributed by atoms with van der Waals surface area (Å²) in [6.45, 7) is 4.67. The highest BCUT2D eigenvalue weighted by Crippen LogP contribution is 2.25. The number of thiophene rings is 1. The number of carbonyl (C=O) groups is 1. The highest BCUT2D eigenvalue weighted by atomic mass is 32.1. The van der Waals surface area contributed by atoms with Crippen LogP contribution in [-0.2, 0) is 11.3 Å². The van der Waals surface area contributed by atoms with E-state index in [0.717, 1.165) is 4.88 Å². The van der Waals surface area contributed by atoms with Gasteiger partial charge in [0.15, 0.2) is 0 Å². The molecule has 2 rings (SSSR count). The predicted molar refractivity (Wildman–Crippen MR) is 87.5 cm³/mol. The summed E-state index contributed by atoms with van der Waals surface area (Å²) in [4.78, 5) is 12.4. The summed E-state index contributed by atoms with van der Waals surface area (Å²) >= 11 is 1.66. The minimum Gasteiger partial charge on any atom is -0.480 e. The molecule has 0 saturated heterocycles. The standard InChI is InChI=1S/C17H21NO2S/c1-12(2)8-16(17(19)20)18-10-15-9-14(11-21-15)13-6-4-3-5-7-13/h3-7,9,11-12,16,18H,8,10H2,1-2H3,(H,19,20). The van der Waals surface area contributed by atoms with Crippen LogP contribution in [-0.4, -0.2) is 17.1 Å². The second-order valence-corrected chi connectivity index (χ2v) is 6.56. The van der Waals surface area contributed by atoms with Gasteiger partial charge < -0.3 is 5.11 Å². The Kier molecular flexibility index (Phi) is 5.53. The van der Waals surface area contributed by atoms with Gasteiger partial charge in [-0.15, -0.1) is 11.3 Å². The number of carboxylic acid groups (broad SMARTS) is 1. The van der Waals surface area contributed by atoms with Crippen molar-refractivity contribution in [2.45, 2.75) is 32.9 Å². The molecule has 2 aromatic rings. The van der Waals surface area contributed by atoms with E-state index in [0.29, 0.717) is 18.9 Å². The highest BCUT2D eigenvalue weighted by molar-refractivity contribution is 7.10. The molecule has 1 aromatic carbocycles. The Hall–Kier alpha value is -1.65. The van der Waals surface area contributed by atoms with Crippen LogP contribution in [0.2, 0.25) is 0 Å². The van der Waals surface area contributed by atoms with Crippen LogP contribution in [0.25, 0.3) is 11.1 Å². The summed E-state index contributed by atoms with van der Waals surface area (Å²) in [7, 11) is 0. The smallest absolute Gasteiger partial charge is 0.320 e. The van der Waals surface area contributed by atoms with Gasteiger partial charge in [0, 0.05) is 11.4 Å². The van der Waals surface area contributed by atoms with Crippen LogP contribution >= 0.6 is 11.3 Å². The third kappa shape index (κ3) is 4.69. The molecule has 0 bridgehead atoms. The first-order valence-electron chi connectivity index (χ1n) is 7.15. The van der Waals surface area contributed by atoms with Gasteiger partial charge in [0.1, 0.15) is 6.04 Å². The van der Waals surface area contributed by atoms with E-state index in [2.05, 4.69) is 28.9 Å². The molecule has 112 valence electrons. The topological polar surface area (TPSA) is 49.3 Å². The van der Waals surface area contributed by atoms with Crippen molar-refractivity contribution in [2.24, 2.45) is 5.92 Å². The van der Waals surface area contributed by atoms with Gasteiger partial charge in [0.05, 0.1) is 0 Å². The largest absolute Gasteiger partial charge is 0.480 e. The van der Waals surface area contributed by atoms with E-state index >= 15 is 0 Å². The number of rotatable bonds is 7. The Bertz CT molecular complexity index is 577. The summed E-state index contributed by atoms with van der Waals surface area (Å²) in [6, 6.07) is 11.9. The molecule has 0 aliphatic rings. The van der Waals surface area contributed by atoms with Gasteiger partial charge in [-0.1, -0.05) is 44.2 Å². The van der Waals surface area contributed by atoms with Crippen molar-refractivity contribution in [2.75, 3.05) is 0 Å². The van der Waals surface area contributed by atoms with Gasteiger partial charge in [-0.2, -0.15) is 0 Å². The van der Waals surface area contributed by atoms with Gasteiger partial charge >= 0.3 is 5.97 Å². The molecule has 1 aromatic heterocycles. The molecule has 0 saturated carbocycles. The van der Waals surface area contributed by atoms with E-state index in [1.54, 1.807) is 11.3 Å². The lowest BCUT2D eigenvalue weighted by Crippen LogP contribution is -2.37. The average molecular weight is 303 g/mol. The molecule has 0 aliphatic carbocycles. The summed E-state index contributed by atoms with van der Waals surface area (Å²) in [5.41, 5.74) is 2.38. The molecule has 4 heteroatoms. The van der Waals surface area contributed by atoms with Crippen LogP contribution in [0.5, 0.6) is 0 Å². The van der Waals surface area contributed by atoms with Crippen LogP contribution < -0.4 is 5.32 Å². The third-order valence-corrected chi connectivity index (χ3v) is 4.23. The average Bonchev–Trinajstić information content (AvgIpc) is 2.92. The van der Waals surface area contributed by atoms with Crippen molar-refractivity contribution in [3.05, 3.63) is 46.7 Å². The van der Waals surface area contributed by atoms with Gasteiger partial charge in [0.25, 0.3) is 0 Å². The maximum Gasteiger partial charge on any atom is 0.320 e. The first-order chi connectivity index (χ1) is 10.1. The van der Waals surface area contributed by atoms with Crippen molar-refractivity contribution in [3.8, 4) is 11.1 Å². The number of aliphatic carboxylic acids is 1. The van der Waals surface area contributed by atoms with E-state index in [9.17, 15) is 9.90 Å². The third-order valence-electron chi connectivity index (χ3n) is 3.29. The van der Waals surface area contributed by atoms with Crippen molar-refractivity contribution >= 4 is 17.3 Å². The van der Waals surface area contributed by atoms with Gasteiger partial charge in [-0.25, -0.2) is 0 Å². The maximum atomic E-state index is 11.2. The SMILES string of the molecule is CC(C)CC(NCc1cc(-c2ccccc2)cs1)C(=O)O. The van der Waals surface area contributed by atoms with E-state index in [1.165, 1.54) is 11.1 Å². The fourth-order valence-corrected chi connectivity index (χ4v) is 3.07. The Morgan fingerprint density at radius 2 is 1.95 bits per heavy atom. The van der Waals surface area contributed by atoms with Crippen LogP contribution in [0.3, 0.4) is 0 Å². The lowest BCUT2D eigenvalue weighted by Gasteiger charge is -2.15. The van der Waals surface area contributed by atoms with Gasteiger partial charge in [-0.3, -0.25) is 10.1 Å². The van der Waals surface area contributed by atoms with Crippen molar-refractivity contribution < 1.29 is 9.90 Å². The molecule has 0 spiro atoms. The Morgan fingerprint density at radius 3 is 2.57 bits per heavy atom. The summed E-state index contributed by atoms with van der Waals surface area (Å²) in [6.07, 6.45) is 0.645. The summed E-state index contributed by atoms with van der Waals surface area (Å²) < 4.78 is 0. The number of benzene rings is 1. The Morgan fingerprint density at radius 1 is 1.24 bits per heavy atom. The molecular weight excluding hydrogens is 282 g/mol.